The highest BCUT2D eigenvalue weighted by Crippen LogP contribution is 2.48. The molecular weight excluding hydrogens is 604 g/mol. The van der Waals surface area contributed by atoms with Crippen LogP contribution in [0, 0.1) is 0 Å². The molecule has 0 radical (unpaired) electrons. The van der Waals surface area contributed by atoms with Gasteiger partial charge in [0.1, 0.15) is 49.4 Å². The fourth-order valence-electron chi connectivity index (χ4n) is 6.23. The minimum absolute atomic E-state index is 0.295. The van der Waals surface area contributed by atoms with Crippen LogP contribution in [0.1, 0.15) is 22.6 Å². The first-order valence-corrected chi connectivity index (χ1v) is 16.4. The third-order valence-corrected chi connectivity index (χ3v) is 8.36. The van der Waals surface area contributed by atoms with Gasteiger partial charge in [-0.3, -0.25) is 0 Å². The van der Waals surface area contributed by atoms with Gasteiger partial charge in [-0.1, -0.05) is 129 Å². The van der Waals surface area contributed by atoms with Crippen molar-refractivity contribution in [2.75, 3.05) is 26.4 Å². The molecule has 4 nitrogen and oxygen atoms in total. The minimum Gasteiger partial charge on any atom is -0.490 e. The van der Waals surface area contributed by atoms with Crippen LogP contribution >= 0.6 is 0 Å². The second-order valence-electron chi connectivity index (χ2n) is 11.5. The number of hydrogen-bond donors (Lipinski definition) is 0. The Balaban J connectivity index is 1.66. The van der Waals surface area contributed by atoms with Gasteiger partial charge in [-0.15, -0.1) is 0 Å². The van der Waals surface area contributed by atoms with Crippen LogP contribution in [-0.2, 0) is 0 Å². The second-order valence-corrected chi connectivity index (χ2v) is 11.5. The second kappa shape index (κ2) is 15.7. The maximum absolute atomic E-state index is 6.45. The van der Waals surface area contributed by atoms with E-state index in [9.17, 15) is 0 Å². The highest BCUT2D eigenvalue weighted by atomic mass is 16.5. The van der Waals surface area contributed by atoms with Gasteiger partial charge in [0.2, 0.25) is 0 Å². The standard InChI is InChI=1S/C45H40O4/c1-5-26-46-37-20-22-39-35(30-37)18-24-41(48-28-7-3)44(39)43(34-16-14-33(15-17-34)32-12-10-9-11-13-32)45-40-23-21-38(47-27-6-2)31-36(40)19-25-42(45)49-29-8-4/h5-25,30-31,43H,1-4,26-29H2. The van der Waals surface area contributed by atoms with Crippen LogP contribution in [0.3, 0.4) is 0 Å². The summed E-state index contributed by atoms with van der Waals surface area (Å²) in [5, 5.41) is 4.15. The molecule has 0 bridgehead atoms. The summed E-state index contributed by atoms with van der Waals surface area (Å²) in [7, 11) is 0. The van der Waals surface area contributed by atoms with E-state index in [0.29, 0.717) is 26.4 Å². The Bertz CT molecular complexity index is 1980. The molecule has 0 spiro atoms. The molecule has 0 aliphatic carbocycles. The molecule has 0 aromatic heterocycles. The van der Waals surface area contributed by atoms with E-state index >= 15 is 0 Å². The van der Waals surface area contributed by atoms with Crippen molar-refractivity contribution in [3.63, 3.8) is 0 Å². The number of ether oxygens (including phenoxy) is 4. The fraction of sp³-hybridized carbons (Fsp3) is 0.111. The molecule has 0 fully saturated rings. The average Bonchev–Trinajstić information content (AvgIpc) is 3.15. The predicted molar refractivity (Wildman–Crippen MR) is 203 cm³/mol. The Morgan fingerprint density at radius 3 is 1.37 bits per heavy atom. The summed E-state index contributed by atoms with van der Waals surface area (Å²) in [6.45, 7) is 17.0. The smallest absolute Gasteiger partial charge is 0.124 e. The lowest BCUT2D eigenvalue weighted by Crippen LogP contribution is -2.11. The van der Waals surface area contributed by atoms with Crippen LogP contribution in [0.15, 0.2) is 166 Å². The highest BCUT2D eigenvalue weighted by molar-refractivity contribution is 5.95. The zero-order chi connectivity index (χ0) is 34.0. The van der Waals surface area contributed by atoms with Crippen molar-refractivity contribution in [3.8, 4) is 34.1 Å². The van der Waals surface area contributed by atoms with Gasteiger partial charge >= 0.3 is 0 Å². The van der Waals surface area contributed by atoms with Gasteiger partial charge in [-0.2, -0.15) is 0 Å². The SMILES string of the molecule is C=CCOc1ccc2c(C(c3ccc(-c4ccccc4)cc3)c3c(OCC=C)ccc4cc(OCC=C)ccc34)c(OCC=C)ccc2c1. The monoisotopic (exact) mass is 644 g/mol. The summed E-state index contributed by atoms with van der Waals surface area (Å²) in [6, 6.07) is 39.8. The molecule has 0 amide bonds. The topological polar surface area (TPSA) is 36.9 Å². The van der Waals surface area contributed by atoms with Gasteiger partial charge in [-0.05, 0) is 74.6 Å². The summed E-state index contributed by atoms with van der Waals surface area (Å²) in [6.07, 6.45) is 7.03. The molecule has 0 unspecified atom stereocenters. The van der Waals surface area contributed by atoms with Gasteiger partial charge < -0.3 is 18.9 Å². The maximum Gasteiger partial charge on any atom is 0.124 e. The number of benzene rings is 6. The lowest BCUT2D eigenvalue weighted by molar-refractivity contribution is 0.354. The van der Waals surface area contributed by atoms with Crippen molar-refractivity contribution in [2.24, 2.45) is 0 Å². The van der Waals surface area contributed by atoms with E-state index in [2.05, 4.69) is 111 Å². The first-order valence-electron chi connectivity index (χ1n) is 16.4. The van der Waals surface area contributed by atoms with Crippen molar-refractivity contribution in [1.29, 1.82) is 0 Å². The van der Waals surface area contributed by atoms with E-state index in [1.54, 1.807) is 24.3 Å². The zero-order valence-corrected chi connectivity index (χ0v) is 27.6. The Kier molecular flexibility index (Phi) is 10.6. The van der Waals surface area contributed by atoms with Gasteiger partial charge in [0.05, 0.1) is 0 Å². The van der Waals surface area contributed by atoms with Gasteiger partial charge in [0.15, 0.2) is 0 Å². The highest BCUT2D eigenvalue weighted by Gasteiger charge is 2.29. The first kappa shape index (κ1) is 32.9. The van der Waals surface area contributed by atoms with Crippen LogP contribution in [0.4, 0.5) is 0 Å². The Hall–Kier alpha value is -6.00. The molecule has 6 aromatic carbocycles. The molecule has 0 heterocycles. The maximum atomic E-state index is 6.45. The zero-order valence-electron chi connectivity index (χ0n) is 27.6. The van der Waals surface area contributed by atoms with Crippen molar-refractivity contribution in [2.45, 2.75) is 5.92 Å². The molecule has 49 heavy (non-hydrogen) atoms. The molecule has 0 atom stereocenters. The minimum atomic E-state index is -0.295. The number of fused-ring (bicyclic) bond motifs is 2. The molecule has 4 heteroatoms. The molecule has 6 aromatic rings. The third-order valence-electron chi connectivity index (χ3n) is 8.36. The fourth-order valence-corrected chi connectivity index (χ4v) is 6.23. The van der Waals surface area contributed by atoms with E-state index in [1.807, 2.05) is 30.3 Å². The van der Waals surface area contributed by atoms with Crippen LogP contribution in [0.5, 0.6) is 23.0 Å². The number of hydrogen-bond acceptors (Lipinski definition) is 4. The molecule has 244 valence electrons. The summed E-state index contributed by atoms with van der Waals surface area (Å²) in [4.78, 5) is 0. The van der Waals surface area contributed by atoms with Crippen molar-refractivity contribution < 1.29 is 18.9 Å². The summed E-state index contributed by atoms with van der Waals surface area (Å²) in [5.74, 6) is 2.78. The average molecular weight is 645 g/mol. The van der Waals surface area contributed by atoms with Gasteiger partial charge in [0, 0.05) is 17.0 Å². The van der Waals surface area contributed by atoms with Crippen LogP contribution < -0.4 is 18.9 Å². The van der Waals surface area contributed by atoms with E-state index in [0.717, 1.165) is 72.4 Å². The largest absolute Gasteiger partial charge is 0.490 e. The van der Waals surface area contributed by atoms with E-state index in [4.69, 9.17) is 18.9 Å². The molecule has 0 aliphatic heterocycles. The molecule has 0 saturated carbocycles. The van der Waals surface area contributed by atoms with Crippen molar-refractivity contribution in [3.05, 3.63) is 183 Å². The summed E-state index contributed by atoms with van der Waals surface area (Å²) >= 11 is 0. The Morgan fingerprint density at radius 2 is 0.898 bits per heavy atom. The van der Waals surface area contributed by atoms with Crippen LogP contribution in [0.2, 0.25) is 0 Å². The van der Waals surface area contributed by atoms with Gasteiger partial charge in [-0.25, -0.2) is 0 Å². The normalized spacial score (nSPS) is 10.9. The Morgan fingerprint density at radius 1 is 0.449 bits per heavy atom. The third kappa shape index (κ3) is 7.29. The van der Waals surface area contributed by atoms with E-state index in [-0.39, 0.29) is 5.92 Å². The molecule has 0 saturated heterocycles. The molecular formula is C45H40O4. The molecule has 0 N–H and O–H groups in total. The van der Waals surface area contributed by atoms with Crippen molar-refractivity contribution >= 4 is 21.5 Å². The van der Waals surface area contributed by atoms with E-state index in [1.165, 1.54) is 0 Å². The first-order chi connectivity index (χ1) is 24.1. The quantitative estimate of drug-likeness (QED) is 0.0776. The van der Waals surface area contributed by atoms with Crippen molar-refractivity contribution in [1.82, 2.24) is 0 Å². The predicted octanol–water partition coefficient (Wildman–Crippen LogP) is 11.1. The van der Waals surface area contributed by atoms with E-state index < -0.39 is 0 Å². The van der Waals surface area contributed by atoms with Gasteiger partial charge in [0.25, 0.3) is 0 Å². The van der Waals surface area contributed by atoms with Crippen LogP contribution in [-0.4, -0.2) is 26.4 Å². The Labute approximate surface area is 288 Å². The lowest BCUT2D eigenvalue weighted by Gasteiger charge is -2.27. The van der Waals surface area contributed by atoms with Crippen LogP contribution in [0.25, 0.3) is 32.7 Å². The summed E-state index contributed by atoms with van der Waals surface area (Å²) < 4.78 is 24.8. The summed E-state index contributed by atoms with van der Waals surface area (Å²) in [5.41, 5.74) is 5.42. The molecule has 6 rings (SSSR count). The number of rotatable bonds is 16. The lowest BCUT2D eigenvalue weighted by atomic mass is 9.79. The molecule has 0 aliphatic rings.